The zero-order valence-electron chi connectivity index (χ0n) is 6.27. The number of thiazole rings is 1. The highest BCUT2D eigenvalue weighted by Gasteiger charge is 1.89. The molecule has 0 spiro atoms. The highest BCUT2D eigenvalue weighted by Crippen LogP contribution is 2.13. The van der Waals surface area contributed by atoms with E-state index >= 15 is 0 Å². The predicted molar refractivity (Wildman–Crippen MR) is 50.2 cm³/mol. The molecule has 0 bridgehead atoms. The minimum Gasteiger partial charge on any atom is -0.360 e. The Morgan fingerprint density at radius 1 is 1.58 bits per heavy atom. The van der Waals surface area contributed by atoms with Crippen LogP contribution in [0, 0.1) is 0 Å². The molecule has 0 atom stereocenters. The van der Waals surface area contributed by atoms with Crippen LogP contribution < -0.4 is 0 Å². The maximum Gasteiger partial charge on any atom is 0.209 e. The van der Waals surface area contributed by atoms with Gasteiger partial charge in [-0.2, -0.15) is 0 Å². The van der Waals surface area contributed by atoms with Crippen LogP contribution in [0.3, 0.4) is 0 Å². The third-order valence-corrected chi connectivity index (χ3v) is 2.03. The minimum atomic E-state index is 0.782. The number of rotatable bonds is 2. The number of nitrogens with one attached hydrogen (secondary N) is 1. The lowest BCUT2D eigenvalue weighted by atomic mass is 10.5. The Kier molecular flexibility index (Phi) is 2.00. The third-order valence-electron chi connectivity index (χ3n) is 1.36. The van der Waals surface area contributed by atoms with Crippen molar-refractivity contribution in [2.75, 3.05) is 0 Å². The fourth-order valence-electron chi connectivity index (χ4n) is 0.829. The van der Waals surface area contributed by atoms with Crippen LogP contribution in [0.5, 0.6) is 0 Å². The van der Waals surface area contributed by atoms with Crippen molar-refractivity contribution in [3.8, 4) is 0 Å². The summed E-state index contributed by atoms with van der Waals surface area (Å²) in [6.45, 7) is 0. The van der Waals surface area contributed by atoms with Crippen molar-refractivity contribution in [2.45, 2.75) is 0 Å². The molecular weight excluding hydrogens is 170 g/mol. The van der Waals surface area contributed by atoms with E-state index in [2.05, 4.69) is 15.0 Å². The molecule has 0 saturated heterocycles. The Hall–Kier alpha value is -1.42. The molecule has 0 aliphatic rings. The maximum atomic E-state index is 4.16. The largest absolute Gasteiger partial charge is 0.360 e. The Bertz CT molecular complexity index is 311. The first-order valence-corrected chi connectivity index (χ1v) is 4.40. The number of hydrogen-bond donors (Lipinski definition) is 1. The van der Waals surface area contributed by atoms with Crippen molar-refractivity contribution in [3.05, 3.63) is 35.6 Å². The van der Waals surface area contributed by atoms with Crippen LogP contribution in [-0.4, -0.2) is 16.2 Å². The zero-order chi connectivity index (χ0) is 8.23. The summed E-state index contributed by atoms with van der Waals surface area (Å²) in [4.78, 5) is 11.2. The SMILES string of the molecule is C(=Nc1nccs1)c1ccc[nH]1. The summed E-state index contributed by atoms with van der Waals surface area (Å²) in [5, 5.41) is 2.69. The van der Waals surface area contributed by atoms with Gasteiger partial charge < -0.3 is 4.98 Å². The molecule has 0 saturated carbocycles. The molecule has 0 aliphatic carbocycles. The lowest BCUT2D eigenvalue weighted by molar-refractivity contribution is 1.34. The first-order valence-electron chi connectivity index (χ1n) is 3.52. The Labute approximate surface area is 73.8 Å². The number of aromatic amines is 1. The topological polar surface area (TPSA) is 41.0 Å². The molecule has 0 aliphatic heterocycles. The third kappa shape index (κ3) is 1.60. The van der Waals surface area contributed by atoms with E-state index in [1.807, 2.05) is 23.7 Å². The summed E-state index contributed by atoms with van der Waals surface area (Å²) in [5.74, 6) is 0. The van der Waals surface area contributed by atoms with Crippen LogP contribution in [0.4, 0.5) is 5.13 Å². The molecule has 60 valence electrons. The van der Waals surface area contributed by atoms with E-state index in [0.29, 0.717) is 0 Å². The fraction of sp³-hybridized carbons (Fsp3) is 0. The minimum absolute atomic E-state index is 0.782. The molecule has 12 heavy (non-hydrogen) atoms. The van der Waals surface area contributed by atoms with Crippen molar-refractivity contribution in [3.63, 3.8) is 0 Å². The van der Waals surface area contributed by atoms with Crippen molar-refractivity contribution < 1.29 is 0 Å². The molecule has 4 heteroatoms. The summed E-state index contributed by atoms with van der Waals surface area (Å²) in [6.07, 6.45) is 5.37. The number of hydrogen-bond acceptors (Lipinski definition) is 3. The van der Waals surface area contributed by atoms with Gasteiger partial charge in [-0.25, -0.2) is 9.98 Å². The first-order chi connectivity index (χ1) is 5.95. The summed E-state index contributed by atoms with van der Waals surface area (Å²) in [6, 6.07) is 3.89. The quantitative estimate of drug-likeness (QED) is 0.702. The normalized spacial score (nSPS) is 11.0. The Morgan fingerprint density at radius 3 is 3.25 bits per heavy atom. The monoisotopic (exact) mass is 177 g/mol. The maximum absolute atomic E-state index is 4.16. The van der Waals surface area contributed by atoms with Crippen molar-refractivity contribution >= 4 is 22.7 Å². The van der Waals surface area contributed by atoms with Gasteiger partial charge in [0, 0.05) is 17.8 Å². The van der Waals surface area contributed by atoms with Crippen LogP contribution >= 0.6 is 11.3 Å². The van der Waals surface area contributed by atoms with E-state index in [0.717, 1.165) is 10.8 Å². The lowest BCUT2D eigenvalue weighted by Crippen LogP contribution is -1.76. The summed E-state index contributed by atoms with van der Waals surface area (Å²) in [7, 11) is 0. The second-order valence-corrected chi connectivity index (χ2v) is 3.07. The molecule has 2 aromatic heterocycles. The summed E-state index contributed by atoms with van der Waals surface area (Å²) in [5.41, 5.74) is 0.991. The molecule has 2 rings (SSSR count). The number of aliphatic imine (C=N–C) groups is 1. The van der Waals surface area contributed by atoms with E-state index < -0.39 is 0 Å². The zero-order valence-corrected chi connectivity index (χ0v) is 7.08. The van der Waals surface area contributed by atoms with Gasteiger partial charge in [-0.1, -0.05) is 0 Å². The molecule has 3 nitrogen and oxygen atoms in total. The van der Waals surface area contributed by atoms with E-state index in [1.54, 1.807) is 12.4 Å². The van der Waals surface area contributed by atoms with Crippen LogP contribution in [-0.2, 0) is 0 Å². The van der Waals surface area contributed by atoms with Gasteiger partial charge in [0.15, 0.2) is 0 Å². The van der Waals surface area contributed by atoms with Gasteiger partial charge >= 0.3 is 0 Å². The predicted octanol–water partition coefficient (Wildman–Crippen LogP) is 2.22. The van der Waals surface area contributed by atoms with Gasteiger partial charge in [0.2, 0.25) is 5.13 Å². The average Bonchev–Trinajstić information content (AvgIpc) is 2.74. The molecule has 1 N–H and O–H groups in total. The van der Waals surface area contributed by atoms with Crippen LogP contribution in [0.15, 0.2) is 34.9 Å². The second kappa shape index (κ2) is 3.32. The van der Waals surface area contributed by atoms with Crippen LogP contribution in [0.1, 0.15) is 5.69 Å². The van der Waals surface area contributed by atoms with Gasteiger partial charge in [0.25, 0.3) is 0 Å². The van der Waals surface area contributed by atoms with E-state index in [9.17, 15) is 0 Å². The molecule has 0 fully saturated rings. The number of H-pyrrole nitrogens is 1. The van der Waals surface area contributed by atoms with Gasteiger partial charge in [-0.3, -0.25) is 0 Å². The van der Waals surface area contributed by atoms with Gasteiger partial charge in [-0.05, 0) is 12.1 Å². The molecule has 2 aromatic rings. The van der Waals surface area contributed by atoms with E-state index in [1.165, 1.54) is 11.3 Å². The molecule has 0 aromatic carbocycles. The first kappa shape index (κ1) is 7.24. The molecule has 0 amide bonds. The van der Waals surface area contributed by atoms with Gasteiger partial charge in [-0.15, -0.1) is 11.3 Å². The number of nitrogens with zero attached hydrogens (tertiary/aromatic N) is 2. The smallest absolute Gasteiger partial charge is 0.209 e. The van der Waals surface area contributed by atoms with Crippen LogP contribution in [0.2, 0.25) is 0 Å². The molecule has 0 unspecified atom stereocenters. The number of aromatic nitrogens is 2. The summed E-state index contributed by atoms with van der Waals surface area (Å²) >= 11 is 1.52. The van der Waals surface area contributed by atoms with E-state index in [-0.39, 0.29) is 0 Å². The lowest BCUT2D eigenvalue weighted by Gasteiger charge is -1.82. The van der Waals surface area contributed by atoms with Gasteiger partial charge in [0.05, 0.1) is 11.9 Å². The standard InChI is InChI=1S/C8H7N3S/c1-2-7(9-3-1)6-11-8-10-4-5-12-8/h1-6,9H. The van der Waals surface area contributed by atoms with Crippen molar-refractivity contribution in [2.24, 2.45) is 4.99 Å². The van der Waals surface area contributed by atoms with Gasteiger partial charge in [0.1, 0.15) is 0 Å². The fourth-order valence-corrected chi connectivity index (χ4v) is 1.31. The second-order valence-electron chi connectivity index (χ2n) is 2.20. The highest BCUT2D eigenvalue weighted by atomic mass is 32.1. The molecular formula is C8H7N3S. The Morgan fingerprint density at radius 2 is 2.58 bits per heavy atom. The molecule has 2 heterocycles. The average molecular weight is 177 g/mol. The highest BCUT2D eigenvalue weighted by molar-refractivity contribution is 7.13. The van der Waals surface area contributed by atoms with Crippen molar-refractivity contribution in [1.29, 1.82) is 0 Å². The summed E-state index contributed by atoms with van der Waals surface area (Å²) < 4.78 is 0. The Balaban J connectivity index is 2.14. The molecule has 0 radical (unpaired) electrons. The van der Waals surface area contributed by atoms with E-state index in [4.69, 9.17) is 0 Å². The van der Waals surface area contributed by atoms with Crippen molar-refractivity contribution in [1.82, 2.24) is 9.97 Å². The van der Waals surface area contributed by atoms with Crippen LogP contribution in [0.25, 0.3) is 0 Å².